The van der Waals surface area contributed by atoms with Gasteiger partial charge in [-0.25, -0.2) is 0 Å². The van der Waals surface area contributed by atoms with Crippen molar-refractivity contribution in [3.63, 3.8) is 0 Å². The van der Waals surface area contributed by atoms with E-state index in [1.165, 1.54) is 66.1 Å². The Hall–Kier alpha value is -5.49. The van der Waals surface area contributed by atoms with Gasteiger partial charge in [0.2, 0.25) is 0 Å². The lowest BCUT2D eigenvalue weighted by Crippen LogP contribution is -2.17. The Morgan fingerprint density at radius 3 is 0.892 bits per heavy atom. The quantitative estimate of drug-likeness (QED) is 0.0615. The molecule has 0 N–H and O–H groups in total. The van der Waals surface area contributed by atoms with Gasteiger partial charge in [0.15, 0.2) is 0 Å². The summed E-state index contributed by atoms with van der Waals surface area (Å²) in [6.07, 6.45) is -2.51. The predicted molar refractivity (Wildman–Crippen MR) is 393 cm³/mol. The van der Waals surface area contributed by atoms with Crippen LogP contribution in [0.25, 0.3) is 0 Å². The molecule has 0 spiro atoms. The maximum absolute atomic E-state index is 12.0. The monoisotopic (exact) mass is 1500 g/mol. The zero-order valence-corrected chi connectivity index (χ0v) is 62.9. The Bertz CT molecular complexity index is 2940. The minimum Gasteiger partial charge on any atom is -0.497 e. The van der Waals surface area contributed by atoms with Crippen molar-refractivity contribution in [2.45, 2.75) is 193 Å². The van der Waals surface area contributed by atoms with Crippen LogP contribution in [0.4, 0.5) is 35.1 Å². The molecule has 0 saturated heterocycles. The van der Waals surface area contributed by atoms with Crippen molar-refractivity contribution in [2.24, 2.45) is 0 Å². The van der Waals surface area contributed by atoms with Crippen molar-refractivity contribution >= 4 is 62.0 Å². The van der Waals surface area contributed by atoms with Crippen LogP contribution in [0.2, 0.25) is 0 Å². The molecule has 510 valence electrons. The molecule has 0 aliphatic carbocycles. The van der Waals surface area contributed by atoms with Gasteiger partial charge in [0.05, 0.1) is 7.11 Å². The average Bonchev–Trinajstić information content (AvgIpc) is 2.34. The van der Waals surface area contributed by atoms with E-state index >= 15 is 0 Å². The Labute approximate surface area is 583 Å². The number of benzene rings is 8. The molecule has 0 heterocycles. The van der Waals surface area contributed by atoms with E-state index in [1.54, 1.807) is 67.4 Å². The van der Waals surface area contributed by atoms with Crippen LogP contribution in [0.5, 0.6) is 17.2 Å². The number of hydrogen-bond donors (Lipinski definition) is 0. The molecule has 0 aliphatic heterocycles. The fourth-order valence-corrected chi connectivity index (χ4v) is 9.34. The lowest BCUT2D eigenvalue weighted by Gasteiger charge is -2.10. The molecule has 8 aromatic carbocycles. The van der Waals surface area contributed by atoms with Crippen LogP contribution in [0, 0.1) is 10.5 Å². The molecule has 8 rings (SSSR count). The van der Waals surface area contributed by atoms with E-state index in [0.717, 1.165) is 26.9 Å². The largest absolute Gasteiger partial charge is 0.573 e. The lowest BCUT2D eigenvalue weighted by atomic mass is 10.0. The second kappa shape index (κ2) is 45.0. The molecular formula is C78H98BrF8IO3S2. The van der Waals surface area contributed by atoms with Crippen LogP contribution in [0.15, 0.2) is 208 Å². The molecule has 0 unspecified atom stereocenters. The highest BCUT2D eigenvalue weighted by Gasteiger charge is 2.31. The van der Waals surface area contributed by atoms with Gasteiger partial charge in [-0.2, -0.15) is 22.0 Å². The summed E-state index contributed by atoms with van der Waals surface area (Å²) in [7, 11) is 1.68. The fraction of sp³-hybridized carbons (Fsp3) is 0.385. The topological polar surface area (TPSA) is 27.7 Å². The first-order chi connectivity index (χ1) is 43.4. The average molecular weight is 1510 g/mol. The minimum absolute atomic E-state index is 0.0788. The van der Waals surface area contributed by atoms with Gasteiger partial charge in [-0.1, -0.05) is 241 Å². The number of ether oxygens (including phenoxy) is 3. The first-order valence-electron chi connectivity index (χ1n) is 31.0. The summed E-state index contributed by atoms with van der Waals surface area (Å²) in [6, 6.07) is 61.9. The van der Waals surface area contributed by atoms with E-state index in [0.29, 0.717) is 47.3 Å². The number of methoxy groups -OCH3 is 1. The Morgan fingerprint density at radius 2 is 0.624 bits per heavy atom. The van der Waals surface area contributed by atoms with Crippen molar-refractivity contribution in [2.75, 3.05) is 13.4 Å². The third-order valence-electron chi connectivity index (χ3n) is 13.7. The molecule has 8 aromatic rings. The van der Waals surface area contributed by atoms with Crippen molar-refractivity contribution in [1.29, 1.82) is 0 Å². The summed E-state index contributed by atoms with van der Waals surface area (Å²) in [5.74, 6) is 5.18. The summed E-state index contributed by atoms with van der Waals surface area (Å²) >= 11 is 7.42. The number of rotatable bonds is 14. The van der Waals surface area contributed by atoms with E-state index in [1.807, 2.05) is 53.7 Å². The van der Waals surface area contributed by atoms with E-state index in [9.17, 15) is 35.1 Å². The highest BCUT2D eigenvalue weighted by atomic mass is 127. The summed E-state index contributed by atoms with van der Waals surface area (Å²) < 4.78 is 110. The zero-order valence-electron chi connectivity index (χ0n) is 57.5. The molecule has 0 atom stereocenters. The SMILES string of the molecule is CC(C)c1ccc(Br)cc1.CC(C)c1ccc(I)cc1.CC(C)c1ccc(OC(F)(F)F)cc1.CC(C)c1ccc(OC(F)F)cc1.CC(C)c1ccc(SC(F)(F)F)cc1.COc1ccc(C(C)C)cc1.CSc1ccc(C(C)C)cc1.Cc1ccc(C(C)C)cc1. The molecule has 0 aliphatic rings. The molecule has 0 bridgehead atoms. The summed E-state index contributed by atoms with van der Waals surface area (Å²) in [4.78, 5) is 1.58. The Balaban J connectivity index is 0.000000533. The predicted octanol–water partition coefficient (Wildman–Crippen LogP) is 28.0. The Kier molecular flexibility index (Phi) is 41.4. The van der Waals surface area contributed by atoms with Gasteiger partial charge < -0.3 is 14.2 Å². The Morgan fingerprint density at radius 1 is 0.366 bits per heavy atom. The van der Waals surface area contributed by atoms with Gasteiger partial charge in [0.1, 0.15) is 17.2 Å². The molecule has 93 heavy (non-hydrogen) atoms. The van der Waals surface area contributed by atoms with Gasteiger partial charge in [0.25, 0.3) is 0 Å². The minimum atomic E-state index is -4.61. The third-order valence-corrected chi connectivity index (χ3v) is 16.4. The second-order valence-electron chi connectivity index (χ2n) is 24.0. The lowest BCUT2D eigenvalue weighted by molar-refractivity contribution is -0.274. The van der Waals surface area contributed by atoms with Crippen LogP contribution in [-0.2, 0) is 0 Å². The second-order valence-corrected chi connectivity index (χ2v) is 28.2. The molecule has 15 heteroatoms. The van der Waals surface area contributed by atoms with Crippen LogP contribution in [0.3, 0.4) is 0 Å². The molecular weight excluding hydrogens is 1410 g/mol. The van der Waals surface area contributed by atoms with Crippen molar-refractivity contribution in [3.05, 3.63) is 252 Å². The summed E-state index contributed by atoms with van der Waals surface area (Å²) in [5, 5.41) is 0. The molecule has 0 radical (unpaired) electrons. The van der Waals surface area contributed by atoms with Crippen molar-refractivity contribution in [1.82, 2.24) is 0 Å². The van der Waals surface area contributed by atoms with E-state index < -0.39 is 18.5 Å². The van der Waals surface area contributed by atoms with E-state index in [2.05, 4.69) is 240 Å². The zero-order chi connectivity index (χ0) is 70.6. The summed E-state index contributed by atoms with van der Waals surface area (Å²) in [6.45, 7) is 33.5. The molecule has 0 aromatic heterocycles. The van der Waals surface area contributed by atoms with Crippen LogP contribution in [0.1, 0.15) is 208 Å². The summed E-state index contributed by atoms with van der Waals surface area (Å²) in [5.41, 5.74) is 7.30. The van der Waals surface area contributed by atoms with Gasteiger partial charge >= 0.3 is 18.5 Å². The first kappa shape index (κ1) is 85.5. The smallest absolute Gasteiger partial charge is 0.497 e. The number of halogens is 10. The molecule has 3 nitrogen and oxygen atoms in total. The third kappa shape index (κ3) is 39.9. The van der Waals surface area contributed by atoms with Crippen molar-refractivity contribution in [3.8, 4) is 17.2 Å². The van der Waals surface area contributed by atoms with Gasteiger partial charge in [-0.05, 0) is 224 Å². The number of hydrogen-bond acceptors (Lipinski definition) is 5. The van der Waals surface area contributed by atoms with E-state index in [4.69, 9.17) is 4.74 Å². The van der Waals surface area contributed by atoms with Gasteiger partial charge in [0, 0.05) is 17.8 Å². The standard InChI is InChI=1S/C10H11F3O.C10H11F3S.C10H12F2O.C10H14O.C10H14S.C10H14.C9H11Br.C9H11I/c2*1-7(2)8-3-5-9(6-4-8)14-10(11,12)13;1-7(2)8-3-5-9(6-4-8)13-10(11)12;2*1-8(2)9-4-6-10(11-3)7-5-9;1-8(2)10-6-4-9(3)5-7-10;2*1-7(2)8-3-5-9(10)6-4-8/h2*3-7H,1-2H3;3-7,10H,1-2H3;2*4-8H,1-3H3;4-8H,1-3H3;2*3-7H,1-2H3. The van der Waals surface area contributed by atoms with Crippen LogP contribution < -0.4 is 14.2 Å². The number of aryl methyl sites for hydroxylation is 1. The van der Waals surface area contributed by atoms with E-state index in [-0.39, 0.29) is 28.2 Å². The van der Waals surface area contributed by atoms with Gasteiger partial charge in [-0.15, -0.1) is 24.9 Å². The van der Waals surface area contributed by atoms with Gasteiger partial charge in [-0.3, -0.25) is 0 Å². The molecule has 0 saturated carbocycles. The number of alkyl halides is 8. The highest BCUT2D eigenvalue weighted by molar-refractivity contribution is 14.1. The number of thioether (sulfide) groups is 2. The van der Waals surface area contributed by atoms with Crippen molar-refractivity contribution < 1.29 is 49.3 Å². The highest BCUT2D eigenvalue weighted by Crippen LogP contribution is 2.37. The fourth-order valence-electron chi connectivity index (χ4n) is 7.77. The normalized spacial score (nSPS) is 10.9. The molecule has 0 amide bonds. The maximum atomic E-state index is 12.0. The molecule has 0 fully saturated rings. The first-order valence-corrected chi connectivity index (χ1v) is 35.0. The van der Waals surface area contributed by atoms with Crippen LogP contribution >= 0.6 is 62.0 Å². The van der Waals surface area contributed by atoms with Crippen LogP contribution in [-0.4, -0.2) is 31.8 Å². The maximum Gasteiger partial charge on any atom is 0.573 e.